The molecule has 2 aromatic rings. The second-order valence-electron chi connectivity index (χ2n) is 7.63. The van der Waals surface area contributed by atoms with Gasteiger partial charge in [0.2, 0.25) is 5.91 Å². The number of anilines is 3. The van der Waals surface area contributed by atoms with E-state index in [0.717, 1.165) is 0 Å². The van der Waals surface area contributed by atoms with Gasteiger partial charge in [-0.1, -0.05) is 11.6 Å². The Morgan fingerprint density at radius 3 is 2.43 bits per heavy atom. The molecule has 1 aliphatic rings. The molecule has 0 radical (unpaired) electrons. The van der Waals surface area contributed by atoms with E-state index >= 15 is 0 Å². The minimum absolute atomic E-state index is 0.180. The molecule has 0 bridgehead atoms. The summed E-state index contributed by atoms with van der Waals surface area (Å²) in [5, 5.41) is 5.88. The molecule has 0 saturated heterocycles. The van der Waals surface area contributed by atoms with Gasteiger partial charge in [-0.15, -0.1) is 0 Å². The summed E-state index contributed by atoms with van der Waals surface area (Å²) in [5.41, 5.74) is 0.699. The first-order chi connectivity index (χ1) is 14.1. The lowest BCUT2D eigenvalue weighted by molar-refractivity contribution is -0.123. The van der Waals surface area contributed by atoms with Gasteiger partial charge in [0.1, 0.15) is 17.9 Å². The number of nitrogens with zero attached hydrogens (tertiary/aromatic N) is 1. The molecule has 0 spiro atoms. The number of halogens is 1. The SMILES string of the molecule is CC(C)(C)OC(=O)Nc1ccc2c(c1)N(CC(=O)Nc1ccc(Cl)cc1)C(=O)CO2. The van der Waals surface area contributed by atoms with Crippen LogP contribution in [0.15, 0.2) is 42.5 Å². The van der Waals surface area contributed by atoms with E-state index in [-0.39, 0.29) is 25.0 Å². The third kappa shape index (κ3) is 5.64. The van der Waals surface area contributed by atoms with Crippen molar-refractivity contribution in [2.75, 3.05) is 28.7 Å². The van der Waals surface area contributed by atoms with Gasteiger partial charge in [0.05, 0.1) is 5.69 Å². The smallest absolute Gasteiger partial charge is 0.412 e. The van der Waals surface area contributed by atoms with Crippen molar-refractivity contribution in [1.82, 2.24) is 0 Å². The standard InChI is InChI=1S/C21H22ClN3O5/c1-21(2,3)30-20(28)24-15-8-9-17-16(10-15)25(19(27)12-29-17)11-18(26)23-14-6-4-13(22)5-7-14/h4-10H,11-12H2,1-3H3,(H,23,26)(H,24,28). The van der Waals surface area contributed by atoms with E-state index in [1.807, 2.05) is 0 Å². The Bertz CT molecular complexity index is 970. The quantitative estimate of drug-likeness (QED) is 0.761. The number of hydrogen-bond donors (Lipinski definition) is 2. The summed E-state index contributed by atoms with van der Waals surface area (Å²) in [6, 6.07) is 11.5. The monoisotopic (exact) mass is 431 g/mol. The van der Waals surface area contributed by atoms with Crippen LogP contribution in [0.3, 0.4) is 0 Å². The second-order valence-corrected chi connectivity index (χ2v) is 8.07. The van der Waals surface area contributed by atoms with E-state index < -0.39 is 11.7 Å². The number of nitrogens with one attached hydrogen (secondary N) is 2. The van der Waals surface area contributed by atoms with Crippen molar-refractivity contribution in [3.05, 3.63) is 47.5 Å². The van der Waals surface area contributed by atoms with Crippen molar-refractivity contribution in [2.45, 2.75) is 26.4 Å². The lowest BCUT2D eigenvalue weighted by Crippen LogP contribution is -2.43. The normalized spacial score (nSPS) is 13.2. The zero-order valence-corrected chi connectivity index (χ0v) is 17.6. The van der Waals surface area contributed by atoms with Crippen LogP contribution in [0.4, 0.5) is 21.9 Å². The molecule has 1 aliphatic heterocycles. The van der Waals surface area contributed by atoms with Crippen LogP contribution in [-0.4, -0.2) is 36.7 Å². The van der Waals surface area contributed by atoms with E-state index in [0.29, 0.717) is 27.8 Å². The van der Waals surface area contributed by atoms with Gasteiger partial charge in [0.15, 0.2) is 6.61 Å². The minimum atomic E-state index is -0.650. The predicted octanol–water partition coefficient (Wildman–Crippen LogP) is 4.05. The molecule has 8 nitrogen and oxygen atoms in total. The molecule has 158 valence electrons. The van der Waals surface area contributed by atoms with Gasteiger partial charge >= 0.3 is 6.09 Å². The summed E-state index contributed by atoms with van der Waals surface area (Å²) < 4.78 is 10.7. The van der Waals surface area contributed by atoms with Crippen LogP contribution in [0.2, 0.25) is 5.02 Å². The zero-order valence-electron chi connectivity index (χ0n) is 16.8. The fourth-order valence-corrected chi connectivity index (χ4v) is 2.88. The maximum absolute atomic E-state index is 12.5. The van der Waals surface area contributed by atoms with Crippen LogP contribution in [0, 0.1) is 0 Å². The second kappa shape index (κ2) is 8.62. The molecule has 3 amide bonds. The number of rotatable bonds is 4. The van der Waals surface area contributed by atoms with Gasteiger partial charge < -0.3 is 14.8 Å². The fourth-order valence-electron chi connectivity index (χ4n) is 2.75. The van der Waals surface area contributed by atoms with Gasteiger partial charge in [-0.25, -0.2) is 4.79 Å². The number of carbonyl (C=O) groups is 3. The van der Waals surface area contributed by atoms with Crippen molar-refractivity contribution in [2.24, 2.45) is 0 Å². The number of amides is 3. The van der Waals surface area contributed by atoms with E-state index in [4.69, 9.17) is 21.1 Å². The Morgan fingerprint density at radius 1 is 1.10 bits per heavy atom. The van der Waals surface area contributed by atoms with E-state index in [2.05, 4.69) is 10.6 Å². The molecule has 2 aromatic carbocycles. The summed E-state index contributed by atoms with van der Waals surface area (Å²) >= 11 is 5.85. The molecule has 0 fully saturated rings. The van der Waals surface area contributed by atoms with Crippen LogP contribution in [0.5, 0.6) is 5.75 Å². The summed E-state index contributed by atoms with van der Waals surface area (Å²) in [6.07, 6.45) is -0.627. The van der Waals surface area contributed by atoms with Gasteiger partial charge in [-0.2, -0.15) is 0 Å². The van der Waals surface area contributed by atoms with Crippen molar-refractivity contribution < 1.29 is 23.9 Å². The summed E-state index contributed by atoms with van der Waals surface area (Å²) in [5.74, 6) is -0.323. The maximum Gasteiger partial charge on any atom is 0.412 e. The lowest BCUT2D eigenvalue weighted by Gasteiger charge is -2.29. The molecule has 9 heteroatoms. The number of ether oxygens (including phenoxy) is 2. The Hall–Kier alpha value is -3.26. The van der Waals surface area contributed by atoms with Gasteiger partial charge in [0, 0.05) is 16.4 Å². The Morgan fingerprint density at radius 2 is 1.77 bits per heavy atom. The number of carbonyl (C=O) groups excluding carboxylic acids is 3. The average Bonchev–Trinajstić information content (AvgIpc) is 2.64. The first-order valence-electron chi connectivity index (χ1n) is 9.23. The van der Waals surface area contributed by atoms with Crippen molar-refractivity contribution in [3.8, 4) is 5.75 Å². The third-order valence-electron chi connectivity index (χ3n) is 3.98. The first-order valence-corrected chi connectivity index (χ1v) is 9.61. The molecule has 0 unspecified atom stereocenters. The zero-order chi connectivity index (χ0) is 21.9. The van der Waals surface area contributed by atoms with E-state index in [1.165, 1.54) is 4.90 Å². The highest BCUT2D eigenvalue weighted by atomic mass is 35.5. The highest BCUT2D eigenvalue weighted by Crippen LogP contribution is 2.34. The minimum Gasteiger partial charge on any atom is -0.482 e. The Kier molecular flexibility index (Phi) is 6.17. The number of hydrogen-bond acceptors (Lipinski definition) is 5. The highest BCUT2D eigenvalue weighted by molar-refractivity contribution is 6.30. The number of fused-ring (bicyclic) bond motifs is 1. The first kappa shape index (κ1) is 21.4. The molecule has 0 aromatic heterocycles. The van der Waals surface area contributed by atoms with Crippen LogP contribution in [-0.2, 0) is 14.3 Å². The molecular weight excluding hydrogens is 410 g/mol. The van der Waals surface area contributed by atoms with Crippen LogP contribution < -0.4 is 20.3 Å². The molecular formula is C21H22ClN3O5. The van der Waals surface area contributed by atoms with Gasteiger partial charge in [-0.3, -0.25) is 19.8 Å². The van der Waals surface area contributed by atoms with Gasteiger partial charge in [0.25, 0.3) is 5.91 Å². The Balaban J connectivity index is 1.75. The molecule has 2 N–H and O–H groups in total. The molecule has 3 rings (SSSR count). The van der Waals surface area contributed by atoms with Crippen LogP contribution in [0.1, 0.15) is 20.8 Å². The largest absolute Gasteiger partial charge is 0.482 e. The summed E-state index contributed by atoms with van der Waals surface area (Å²) in [4.78, 5) is 38.2. The van der Waals surface area contributed by atoms with Crippen molar-refractivity contribution in [3.63, 3.8) is 0 Å². The van der Waals surface area contributed by atoms with Crippen LogP contribution >= 0.6 is 11.6 Å². The maximum atomic E-state index is 12.5. The summed E-state index contributed by atoms with van der Waals surface area (Å²) in [7, 11) is 0. The molecule has 1 heterocycles. The third-order valence-corrected chi connectivity index (χ3v) is 4.23. The average molecular weight is 432 g/mol. The molecule has 0 atom stereocenters. The number of benzene rings is 2. The topological polar surface area (TPSA) is 97.0 Å². The van der Waals surface area contributed by atoms with Gasteiger partial charge in [-0.05, 0) is 63.2 Å². The summed E-state index contributed by atoms with van der Waals surface area (Å²) in [6.45, 7) is 4.88. The molecule has 0 saturated carbocycles. The molecule has 30 heavy (non-hydrogen) atoms. The lowest BCUT2D eigenvalue weighted by atomic mass is 10.2. The fraction of sp³-hybridized carbons (Fsp3) is 0.286. The highest BCUT2D eigenvalue weighted by Gasteiger charge is 2.28. The van der Waals surface area contributed by atoms with E-state index in [9.17, 15) is 14.4 Å². The Labute approximate surface area is 179 Å². The van der Waals surface area contributed by atoms with E-state index in [1.54, 1.807) is 63.2 Å². The van der Waals surface area contributed by atoms with Crippen molar-refractivity contribution in [1.29, 1.82) is 0 Å². The predicted molar refractivity (Wildman–Crippen MR) is 114 cm³/mol. The van der Waals surface area contributed by atoms with Crippen molar-refractivity contribution >= 4 is 46.6 Å². The van der Waals surface area contributed by atoms with Crippen LogP contribution in [0.25, 0.3) is 0 Å². The molecule has 0 aliphatic carbocycles.